The predicted octanol–water partition coefficient (Wildman–Crippen LogP) is 5.46. The van der Waals surface area contributed by atoms with E-state index in [2.05, 4.69) is 18.8 Å². The minimum Gasteiger partial charge on any atom is -0.294 e. The smallest absolute Gasteiger partial charge is 0.161 e. The lowest BCUT2D eigenvalue weighted by atomic mass is 9.99. The van der Waals surface area contributed by atoms with Gasteiger partial charge in [-0.3, -0.25) is 9.79 Å². The summed E-state index contributed by atoms with van der Waals surface area (Å²) in [5, 5.41) is 2.92. The van der Waals surface area contributed by atoms with Crippen molar-refractivity contribution in [1.82, 2.24) is 4.98 Å². The maximum absolute atomic E-state index is 12.0. The van der Waals surface area contributed by atoms with E-state index in [-0.39, 0.29) is 5.78 Å². The molecule has 1 aromatic carbocycles. The van der Waals surface area contributed by atoms with Crippen LogP contribution in [-0.4, -0.2) is 16.5 Å². The highest BCUT2D eigenvalue weighted by atomic mass is 32.1. The molecule has 116 valence electrons. The van der Waals surface area contributed by atoms with E-state index in [9.17, 15) is 4.79 Å². The van der Waals surface area contributed by atoms with Gasteiger partial charge in [-0.2, -0.15) is 0 Å². The Morgan fingerprint density at radius 1 is 1.36 bits per heavy atom. The van der Waals surface area contributed by atoms with Gasteiger partial charge in [0.05, 0.1) is 5.69 Å². The Labute approximate surface area is 136 Å². The molecule has 1 aromatic heterocycles. The molecule has 1 atom stereocenters. The lowest BCUT2D eigenvalue weighted by Gasteiger charge is -2.14. The molecule has 0 saturated heterocycles. The molecule has 0 spiro atoms. The first-order valence-corrected chi connectivity index (χ1v) is 8.43. The number of hydrogen-bond donors (Lipinski definition) is 0. The first-order chi connectivity index (χ1) is 10.5. The molecule has 0 saturated carbocycles. The summed E-state index contributed by atoms with van der Waals surface area (Å²) < 4.78 is 0. The fraction of sp³-hybridized carbons (Fsp3) is 0.389. The van der Waals surface area contributed by atoms with E-state index in [1.165, 1.54) is 0 Å². The zero-order valence-electron chi connectivity index (χ0n) is 13.8. The number of carbonyl (C=O) groups is 1. The summed E-state index contributed by atoms with van der Waals surface area (Å²) in [4.78, 5) is 21.1. The summed E-state index contributed by atoms with van der Waals surface area (Å²) in [6, 6.07) is 3.84. The quantitative estimate of drug-likeness (QED) is 0.543. The van der Waals surface area contributed by atoms with Crippen molar-refractivity contribution >= 4 is 28.5 Å². The number of rotatable bonds is 5. The van der Waals surface area contributed by atoms with Gasteiger partial charge in [-0.25, -0.2) is 4.98 Å². The first kappa shape index (κ1) is 16.6. The third-order valence-corrected chi connectivity index (χ3v) is 4.89. The molecule has 0 N–H and O–H groups in total. The minimum absolute atomic E-state index is 0.0458. The van der Waals surface area contributed by atoms with Crippen LogP contribution in [0, 0.1) is 12.8 Å². The molecular formula is C18H22N2OS. The topological polar surface area (TPSA) is 42.3 Å². The molecule has 1 heterocycles. The van der Waals surface area contributed by atoms with Gasteiger partial charge in [0.1, 0.15) is 5.01 Å². The Balaban J connectivity index is 2.63. The lowest BCUT2D eigenvalue weighted by molar-refractivity contribution is 0.101. The monoisotopic (exact) mass is 314 g/mol. The van der Waals surface area contributed by atoms with Gasteiger partial charge >= 0.3 is 0 Å². The molecule has 2 aromatic rings. The molecule has 0 amide bonds. The van der Waals surface area contributed by atoms with Crippen LogP contribution in [0.2, 0.25) is 0 Å². The summed E-state index contributed by atoms with van der Waals surface area (Å²) in [7, 11) is 0. The molecule has 3 nitrogen and oxygen atoms in total. The Bertz CT molecular complexity index is 702. The van der Waals surface area contributed by atoms with Crippen LogP contribution < -0.4 is 0 Å². The summed E-state index contributed by atoms with van der Waals surface area (Å²) in [5.74, 6) is 0.451. The predicted molar refractivity (Wildman–Crippen MR) is 94.5 cm³/mol. The maximum atomic E-state index is 12.0. The van der Waals surface area contributed by atoms with Gasteiger partial charge in [0.25, 0.3) is 0 Å². The van der Waals surface area contributed by atoms with Crippen LogP contribution >= 0.6 is 11.3 Å². The molecule has 0 aliphatic carbocycles. The zero-order chi connectivity index (χ0) is 16.3. The lowest BCUT2D eigenvalue weighted by Crippen LogP contribution is -2.06. The maximum Gasteiger partial charge on any atom is 0.161 e. The third kappa shape index (κ3) is 3.33. The number of aliphatic imine (C=N–C) groups is 1. The van der Waals surface area contributed by atoms with Gasteiger partial charge in [-0.05, 0) is 44.7 Å². The van der Waals surface area contributed by atoms with Crippen molar-refractivity contribution < 1.29 is 4.79 Å². The van der Waals surface area contributed by atoms with Crippen LogP contribution in [0.15, 0.2) is 28.7 Å². The zero-order valence-corrected chi connectivity index (χ0v) is 14.6. The van der Waals surface area contributed by atoms with E-state index in [1.54, 1.807) is 24.5 Å². The van der Waals surface area contributed by atoms with E-state index in [1.807, 2.05) is 31.4 Å². The second-order valence-corrected chi connectivity index (χ2v) is 6.48. The summed E-state index contributed by atoms with van der Waals surface area (Å²) >= 11 is 1.60. The number of thiazole rings is 1. The summed E-state index contributed by atoms with van der Waals surface area (Å²) in [5.41, 5.74) is 4.60. The van der Waals surface area contributed by atoms with Gasteiger partial charge in [0, 0.05) is 28.4 Å². The molecule has 22 heavy (non-hydrogen) atoms. The van der Waals surface area contributed by atoms with Crippen molar-refractivity contribution in [2.45, 2.75) is 41.0 Å². The molecule has 0 radical (unpaired) electrons. The average molecular weight is 314 g/mol. The van der Waals surface area contributed by atoms with Crippen molar-refractivity contribution in [3.05, 3.63) is 34.8 Å². The van der Waals surface area contributed by atoms with Crippen molar-refractivity contribution in [2.75, 3.05) is 0 Å². The van der Waals surface area contributed by atoms with Crippen LogP contribution in [0.1, 0.15) is 50.0 Å². The summed E-state index contributed by atoms with van der Waals surface area (Å²) in [6.07, 6.45) is 2.83. The molecule has 1 unspecified atom stereocenters. The number of nitrogens with zero attached hydrogens (tertiary/aromatic N) is 2. The molecule has 0 aliphatic rings. The van der Waals surface area contributed by atoms with Crippen LogP contribution in [-0.2, 0) is 0 Å². The standard InChI is InChI=1S/C18H22N2OS/c1-6-11(2)13(4)20-17-12(3)15(18-19-9-10-22-18)7-8-16(17)14(5)21/h7-11H,6H2,1-5H3. The highest BCUT2D eigenvalue weighted by Crippen LogP contribution is 2.35. The largest absolute Gasteiger partial charge is 0.294 e. The van der Waals surface area contributed by atoms with E-state index in [4.69, 9.17) is 4.99 Å². The number of hydrogen-bond acceptors (Lipinski definition) is 4. The van der Waals surface area contributed by atoms with Crippen LogP contribution in [0.3, 0.4) is 0 Å². The van der Waals surface area contributed by atoms with Crippen molar-refractivity contribution in [3.8, 4) is 10.6 Å². The van der Waals surface area contributed by atoms with Gasteiger partial charge < -0.3 is 0 Å². The Kier molecular flexibility index (Phi) is 5.24. The Hall–Kier alpha value is -1.81. The van der Waals surface area contributed by atoms with Crippen LogP contribution in [0.25, 0.3) is 10.6 Å². The van der Waals surface area contributed by atoms with Crippen molar-refractivity contribution in [2.24, 2.45) is 10.9 Å². The fourth-order valence-electron chi connectivity index (χ4n) is 2.30. The average Bonchev–Trinajstić information content (AvgIpc) is 3.01. The molecule has 4 heteroatoms. The number of benzene rings is 1. The highest BCUT2D eigenvalue weighted by molar-refractivity contribution is 7.13. The van der Waals surface area contributed by atoms with E-state index in [0.29, 0.717) is 11.5 Å². The van der Waals surface area contributed by atoms with Crippen LogP contribution in [0.5, 0.6) is 0 Å². The minimum atomic E-state index is 0.0458. The first-order valence-electron chi connectivity index (χ1n) is 7.55. The third-order valence-electron chi connectivity index (χ3n) is 4.09. The highest BCUT2D eigenvalue weighted by Gasteiger charge is 2.16. The summed E-state index contributed by atoms with van der Waals surface area (Å²) in [6.45, 7) is 9.95. The van der Waals surface area contributed by atoms with Gasteiger partial charge in [-0.15, -0.1) is 11.3 Å². The molecular weight excluding hydrogens is 292 g/mol. The molecule has 0 bridgehead atoms. The van der Waals surface area contributed by atoms with E-state index in [0.717, 1.165) is 34.0 Å². The van der Waals surface area contributed by atoms with Crippen LogP contribution in [0.4, 0.5) is 5.69 Å². The van der Waals surface area contributed by atoms with Gasteiger partial charge in [-0.1, -0.05) is 19.9 Å². The van der Waals surface area contributed by atoms with E-state index < -0.39 is 0 Å². The SMILES string of the molecule is CCC(C)C(C)=Nc1c(C(C)=O)ccc(-c2nccs2)c1C. The molecule has 2 rings (SSSR count). The normalized spacial score (nSPS) is 13.2. The molecule has 0 aliphatic heterocycles. The van der Waals surface area contributed by atoms with Gasteiger partial charge in [0.2, 0.25) is 0 Å². The number of aromatic nitrogens is 1. The van der Waals surface area contributed by atoms with Crippen molar-refractivity contribution in [3.63, 3.8) is 0 Å². The molecule has 0 fully saturated rings. The second-order valence-electron chi connectivity index (χ2n) is 5.59. The van der Waals surface area contributed by atoms with Crippen molar-refractivity contribution in [1.29, 1.82) is 0 Å². The van der Waals surface area contributed by atoms with Gasteiger partial charge in [0.15, 0.2) is 5.78 Å². The Morgan fingerprint density at radius 2 is 2.09 bits per heavy atom. The number of ketones is 1. The second kappa shape index (κ2) is 6.97. The number of Topliss-reactive ketones (excluding diaryl/α,β-unsaturated/α-hetero) is 1. The Morgan fingerprint density at radius 3 is 2.64 bits per heavy atom. The number of carbonyl (C=O) groups excluding carboxylic acids is 1. The van der Waals surface area contributed by atoms with E-state index >= 15 is 0 Å². The fourth-order valence-corrected chi connectivity index (χ4v) is 3.02.